The Labute approximate surface area is 87.1 Å². The summed E-state index contributed by atoms with van der Waals surface area (Å²) < 4.78 is 5.32. The summed E-state index contributed by atoms with van der Waals surface area (Å²) in [5.41, 5.74) is -0.0600. The minimum absolute atomic E-state index is 0.566. The van der Waals surface area contributed by atoms with Crippen molar-refractivity contribution >= 4 is 17.9 Å². The first kappa shape index (κ1) is 9.28. The van der Waals surface area contributed by atoms with Crippen molar-refractivity contribution < 1.29 is 9.53 Å². The summed E-state index contributed by atoms with van der Waals surface area (Å²) in [5.74, 6) is 0. The molecule has 0 aliphatic carbocycles. The van der Waals surface area contributed by atoms with Crippen LogP contribution in [-0.2, 0) is 15.1 Å². The zero-order valence-corrected chi connectivity index (χ0v) is 8.20. The van der Waals surface area contributed by atoms with Crippen LogP contribution in [0, 0.1) is 0 Å². The molecule has 0 spiro atoms. The third-order valence-electron chi connectivity index (χ3n) is 2.30. The Morgan fingerprint density at radius 2 is 2.36 bits per heavy atom. The van der Waals surface area contributed by atoms with Crippen LogP contribution >= 0.6 is 11.6 Å². The maximum absolute atomic E-state index is 11.0. The maximum atomic E-state index is 11.0. The molecular formula is C11H9ClO2. The Morgan fingerprint density at radius 3 is 2.93 bits per heavy atom. The van der Waals surface area contributed by atoms with Crippen LogP contribution in [0.1, 0.15) is 12.0 Å². The lowest BCUT2D eigenvalue weighted by Crippen LogP contribution is -2.26. The molecule has 1 aromatic rings. The van der Waals surface area contributed by atoms with E-state index in [0.29, 0.717) is 11.4 Å². The summed E-state index contributed by atoms with van der Waals surface area (Å²) in [6.07, 6.45) is 4.76. The highest BCUT2D eigenvalue weighted by molar-refractivity contribution is 6.30. The van der Waals surface area contributed by atoms with Gasteiger partial charge in [0.25, 0.3) is 0 Å². The molecule has 3 heteroatoms. The number of rotatable bonds is 2. The second kappa shape index (κ2) is 3.46. The van der Waals surface area contributed by atoms with Crippen LogP contribution in [0.3, 0.4) is 0 Å². The Balaban J connectivity index is 2.41. The third kappa shape index (κ3) is 1.42. The first-order valence-electron chi connectivity index (χ1n) is 4.32. The summed E-state index contributed by atoms with van der Waals surface area (Å²) in [5, 5.41) is 0.610. The maximum Gasteiger partial charge on any atom is 0.191 e. The highest BCUT2D eigenvalue weighted by Gasteiger charge is 2.35. The van der Waals surface area contributed by atoms with E-state index >= 15 is 0 Å². The molecule has 2 nitrogen and oxygen atoms in total. The minimum atomic E-state index is -0.856. The molecule has 72 valence electrons. The highest BCUT2D eigenvalue weighted by Crippen LogP contribution is 2.33. The number of hydrogen-bond acceptors (Lipinski definition) is 2. The first-order chi connectivity index (χ1) is 6.77. The van der Waals surface area contributed by atoms with E-state index in [1.54, 1.807) is 18.4 Å². The van der Waals surface area contributed by atoms with Gasteiger partial charge in [0, 0.05) is 17.0 Å². The molecule has 0 saturated heterocycles. The van der Waals surface area contributed by atoms with E-state index < -0.39 is 5.60 Å². The fourth-order valence-electron chi connectivity index (χ4n) is 1.52. The van der Waals surface area contributed by atoms with Gasteiger partial charge in [-0.15, -0.1) is 0 Å². The summed E-state index contributed by atoms with van der Waals surface area (Å²) in [4.78, 5) is 11.0. The van der Waals surface area contributed by atoms with Gasteiger partial charge in [-0.3, -0.25) is 4.79 Å². The molecule has 0 amide bonds. The molecular weight excluding hydrogens is 200 g/mol. The van der Waals surface area contributed by atoms with E-state index in [-0.39, 0.29) is 0 Å². The Kier molecular flexibility index (Phi) is 2.30. The molecule has 1 heterocycles. The van der Waals surface area contributed by atoms with Crippen LogP contribution in [0.25, 0.3) is 0 Å². The van der Waals surface area contributed by atoms with Crippen molar-refractivity contribution in [2.24, 2.45) is 0 Å². The van der Waals surface area contributed by atoms with Crippen molar-refractivity contribution in [2.45, 2.75) is 12.0 Å². The highest BCUT2D eigenvalue weighted by atomic mass is 35.5. The quantitative estimate of drug-likeness (QED) is 0.699. The Bertz CT molecular complexity index is 377. The van der Waals surface area contributed by atoms with Gasteiger partial charge in [0.15, 0.2) is 11.9 Å². The SMILES string of the molecule is O=CC1(c2cccc(Cl)c2)CC=CO1. The summed E-state index contributed by atoms with van der Waals surface area (Å²) >= 11 is 5.85. The smallest absolute Gasteiger partial charge is 0.191 e. The van der Waals surface area contributed by atoms with Crippen molar-refractivity contribution in [3.63, 3.8) is 0 Å². The van der Waals surface area contributed by atoms with Gasteiger partial charge in [-0.05, 0) is 18.2 Å². The van der Waals surface area contributed by atoms with Crippen molar-refractivity contribution in [1.82, 2.24) is 0 Å². The number of hydrogen-bond donors (Lipinski definition) is 0. The monoisotopic (exact) mass is 208 g/mol. The number of ether oxygens (including phenoxy) is 1. The van der Waals surface area contributed by atoms with Gasteiger partial charge >= 0.3 is 0 Å². The lowest BCUT2D eigenvalue weighted by Gasteiger charge is -2.22. The van der Waals surface area contributed by atoms with E-state index in [9.17, 15) is 4.79 Å². The summed E-state index contributed by atoms with van der Waals surface area (Å²) in [7, 11) is 0. The molecule has 0 fully saturated rings. The van der Waals surface area contributed by atoms with Gasteiger partial charge in [-0.2, -0.15) is 0 Å². The first-order valence-corrected chi connectivity index (χ1v) is 4.70. The van der Waals surface area contributed by atoms with E-state index in [0.717, 1.165) is 11.8 Å². The van der Waals surface area contributed by atoms with Crippen LogP contribution in [-0.4, -0.2) is 6.29 Å². The minimum Gasteiger partial charge on any atom is -0.483 e. The van der Waals surface area contributed by atoms with E-state index in [1.807, 2.05) is 18.2 Å². The van der Waals surface area contributed by atoms with Crippen molar-refractivity contribution in [2.75, 3.05) is 0 Å². The van der Waals surface area contributed by atoms with Crippen LogP contribution < -0.4 is 0 Å². The fourth-order valence-corrected chi connectivity index (χ4v) is 1.71. The predicted octanol–water partition coefficient (Wildman–Crippen LogP) is 2.67. The van der Waals surface area contributed by atoms with Crippen molar-refractivity contribution in [3.05, 3.63) is 47.2 Å². The Hall–Kier alpha value is -1.28. The van der Waals surface area contributed by atoms with Crippen molar-refractivity contribution in [1.29, 1.82) is 0 Å². The van der Waals surface area contributed by atoms with Crippen LogP contribution in [0.2, 0.25) is 5.02 Å². The fraction of sp³-hybridized carbons (Fsp3) is 0.182. The zero-order chi connectivity index (χ0) is 10.0. The standard InChI is InChI=1S/C11H9ClO2/c12-10-4-1-3-9(7-10)11(8-13)5-2-6-14-11/h1-4,6-8H,5H2. The molecule has 0 bridgehead atoms. The number of carbonyl (C=O) groups is 1. The lowest BCUT2D eigenvalue weighted by molar-refractivity contribution is -0.123. The van der Waals surface area contributed by atoms with Crippen LogP contribution in [0.5, 0.6) is 0 Å². The predicted molar refractivity (Wildman–Crippen MR) is 54.0 cm³/mol. The second-order valence-corrected chi connectivity index (χ2v) is 3.65. The molecule has 1 aliphatic rings. The normalized spacial score (nSPS) is 24.6. The molecule has 14 heavy (non-hydrogen) atoms. The van der Waals surface area contributed by atoms with E-state index in [1.165, 1.54) is 0 Å². The Morgan fingerprint density at radius 1 is 1.50 bits per heavy atom. The van der Waals surface area contributed by atoms with Crippen molar-refractivity contribution in [3.8, 4) is 0 Å². The van der Waals surface area contributed by atoms with Crippen LogP contribution in [0.4, 0.5) is 0 Å². The molecule has 2 rings (SSSR count). The number of carbonyl (C=O) groups excluding carboxylic acids is 1. The second-order valence-electron chi connectivity index (χ2n) is 3.21. The number of benzene rings is 1. The van der Waals surface area contributed by atoms with E-state index in [2.05, 4.69) is 0 Å². The largest absolute Gasteiger partial charge is 0.483 e. The molecule has 1 aromatic carbocycles. The summed E-state index contributed by atoms with van der Waals surface area (Å²) in [6.45, 7) is 0. The van der Waals surface area contributed by atoms with Gasteiger partial charge in [0.2, 0.25) is 0 Å². The summed E-state index contributed by atoms with van der Waals surface area (Å²) in [6, 6.07) is 7.17. The molecule has 0 radical (unpaired) electrons. The molecule has 1 aliphatic heterocycles. The average molecular weight is 209 g/mol. The average Bonchev–Trinajstić information content (AvgIpc) is 2.67. The molecule has 0 aromatic heterocycles. The van der Waals surface area contributed by atoms with Crippen LogP contribution in [0.15, 0.2) is 36.6 Å². The topological polar surface area (TPSA) is 26.3 Å². The number of halogens is 1. The molecule has 1 unspecified atom stereocenters. The molecule has 0 N–H and O–H groups in total. The van der Waals surface area contributed by atoms with Gasteiger partial charge in [-0.1, -0.05) is 23.7 Å². The lowest BCUT2D eigenvalue weighted by atomic mass is 9.93. The van der Waals surface area contributed by atoms with Gasteiger partial charge in [-0.25, -0.2) is 0 Å². The van der Waals surface area contributed by atoms with Gasteiger partial charge < -0.3 is 4.74 Å². The molecule has 0 saturated carbocycles. The number of aldehydes is 1. The van der Waals surface area contributed by atoms with E-state index in [4.69, 9.17) is 16.3 Å². The van der Waals surface area contributed by atoms with Gasteiger partial charge in [0.05, 0.1) is 6.26 Å². The zero-order valence-electron chi connectivity index (χ0n) is 7.44. The third-order valence-corrected chi connectivity index (χ3v) is 2.53. The van der Waals surface area contributed by atoms with Gasteiger partial charge in [0.1, 0.15) is 0 Å². The molecule has 1 atom stereocenters.